The minimum absolute atomic E-state index is 0.0473. The lowest BCUT2D eigenvalue weighted by atomic mass is 9.67. The lowest BCUT2D eigenvalue weighted by molar-refractivity contribution is 0.353. The van der Waals surface area contributed by atoms with E-state index in [9.17, 15) is 0 Å². The Morgan fingerprint density at radius 1 is 0.275 bits per heavy atom. The molecule has 2 aliphatic rings. The fourth-order valence-electron chi connectivity index (χ4n) is 13.9. The number of aromatic nitrogens is 2. The third-order valence-electron chi connectivity index (χ3n) is 17.9. The van der Waals surface area contributed by atoms with Crippen LogP contribution in [0, 0.1) is 0 Å². The van der Waals surface area contributed by atoms with Crippen LogP contribution in [0.25, 0.3) is 134 Å². The van der Waals surface area contributed by atoms with Crippen LogP contribution in [0.4, 0.5) is 0 Å². The molecule has 0 radical (unpaired) electrons. The van der Waals surface area contributed by atoms with Gasteiger partial charge in [-0.25, -0.2) is 0 Å². The Hall–Kier alpha value is -9.76. The first-order valence-corrected chi connectivity index (χ1v) is 28.5. The Morgan fingerprint density at radius 3 is 1.14 bits per heavy atom. The van der Waals surface area contributed by atoms with Crippen molar-refractivity contribution in [1.29, 1.82) is 0 Å². The van der Waals surface area contributed by atoms with Gasteiger partial charge in [0, 0.05) is 38.3 Å². The smallest absolute Gasteiger partial charge is 0.0541 e. The number of nitrogens with zero attached hydrogens (tertiary/aromatic N) is 2. The van der Waals surface area contributed by atoms with Gasteiger partial charge in [-0.3, -0.25) is 0 Å². The van der Waals surface area contributed by atoms with Crippen molar-refractivity contribution in [3.8, 4) is 44.8 Å². The maximum Gasteiger partial charge on any atom is 0.0541 e. The van der Waals surface area contributed by atoms with Gasteiger partial charge in [0.15, 0.2) is 0 Å². The van der Waals surface area contributed by atoms with Gasteiger partial charge >= 0.3 is 0 Å². The maximum atomic E-state index is 2.51. The van der Waals surface area contributed by atoms with Crippen LogP contribution in [0.2, 0.25) is 0 Å². The van der Waals surface area contributed by atoms with Crippen molar-refractivity contribution in [2.75, 3.05) is 0 Å². The lowest BCUT2D eigenvalue weighted by Gasteiger charge is -2.36. The summed E-state index contributed by atoms with van der Waals surface area (Å²) in [6.45, 7) is 0. The first kappa shape index (κ1) is 46.3. The van der Waals surface area contributed by atoms with E-state index in [1.54, 1.807) is 0 Å². The highest BCUT2D eigenvalue weighted by Gasteiger charge is 2.43. The molecule has 1 spiro atoms. The van der Waals surface area contributed by atoms with Crippen LogP contribution in [0.5, 0.6) is 0 Å². The second-order valence-electron chi connectivity index (χ2n) is 22.4. The predicted octanol–water partition coefficient (Wildman–Crippen LogP) is 21.1. The molecule has 0 amide bonds. The van der Waals surface area contributed by atoms with E-state index >= 15 is 0 Å². The van der Waals surface area contributed by atoms with Crippen LogP contribution >= 0.6 is 0 Å². The van der Waals surface area contributed by atoms with Crippen molar-refractivity contribution in [2.45, 2.75) is 37.5 Å². The molecular weight excluding hydrogens is 965 g/mol. The zero-order chi connectivity index (χ0) is 52.7. The molecule has 80 heavy (non-hydrogen) atoms. The molecule has 2 heterocycles. The quantitative estimate of drug-likeness (QED) is 0.134. The van der Waals surface area contributed by atoms with Gasteiger partial charge in [-0.2, -0.15) is 0 Å². The van der Waals surface area contributed by atoms with E-state index in [2.05, 4.69) is 288 Å². The Labute approximate surface area is 466 Å². The number of benzene rings is 12. The Balaban J connectivity index is 0.642. The third kappa shape index (κ3) is 7.69. The Kier molecular flexibility index (Phi) is 10.8. The molecule has 16 rings (SSSR count). The molecule has 0 N–H and O–H groups in total. The van der Waals surface area contributed by atoms with Gasteiger partial charge in [0.25, 0.3) is 0 Å². The fourth-order valence-corrected chi connectivity index (χ4v) is 13.9. The minimum atomic E-state index is 0.0473. The zero-order valence-electron chi connectivity index (χ0n) is 44.5. The van der Waals surface area contributed by atoms with Crippen LogP contribution in [0.15, 0.2) is 255 Å². The summed E-state index contributed by atoms with van der Waals surface area (Å²) >= 11 is 0. The zero-order valence-corrected chi connectivity index (χ0v) is 44.5. The largest absolute Gasteiger partial charge is 0.309 e. The highest BCUT2D eigenvalue weighted by Crippen LogP contribution is 2.56. The number of para-hydroxylation sites is 2. The van der Waals surface area contributed by atoms with Gasteiger partial charge in [0.2, 0.25) is 0 Å². The third-order valence-corrected chi connectivity index (χ3v) is 17.9. The predicted molar refractivity (Wildman–Crippen MR) is 341 cm³/mol. The van der Waals surface area contributed by atoms with E-state index in [-0.39, 0.29) is 5.41 Å². The summed E-state index contributed by atoms with van der Waals surface area (Å²) in [6, 6.07) is 94.8. The van der Waals surface area contributed by atoms with Crippen LogP contribution in [-0.2, 0) is 5.41 Å². The molecule has 1 saturated carbocycles. The number of fused-ring (bicyclic) bond motifs is 13. The van der Waals surface area contributed by atoms with Crippen molar-refractivity contribution < 1.29 is 0 Å². The summed E-state index contributed by atoms with van der Waals surface area (Å²) in [5.41, 5.74) is 22.9. The van der Waals surface area contributed by atoms with Gasteiger partial charge in [-0.1, -0.05) is 238 Å². The summed E-state index contributed by atoms with van der Waals surface area (Å²) < 4.78 is 4.82. The summed E-state index contributed by atoms with van der Waals surface area (Å²) in [5.74, 6) is 0. The van der Waals surface area contributed by atoms with E-state index in [1.807, 2.05) is 0 Å². The molecular formula is C78H56N2. The normalized spacial score (nSPS) is 14.0. The molecule has 2 aromatic heterocycles. The first-order chi connectivity index (χ1) is 39.6. The molecule has 2 aliphatic carbocycles. The first-order valence-electron chi connectivity index (χ1n) is 28.5. The van der Waals surface area contributed by atoms with Crippen molar-refractivity contribution in [3.63, 3.8) is 0 Å². The number of hydrogen-bond acceptors (Lipinski definition) is 0. The van der Waals surface area contributed by atoms with Crippen molar-refractivity contribution in [1.82, 2.24) is 9.13 Å². The molecule has 12 aromatic carbocycles. The average Bonchev–Trinajstić information content (AvgIpc) is 4.25. The molecule has 1 fully saturated rings. The van der Waals surface area contributed by atoms with Crippen molar-refractivity contribution >= 4 is 89.5 Å². The van der Waals surface area contributed by atoms with E-state index in [0.717, 1.165) is 0 Å². The van der Waals surface area contributed by atoms with Gasteiger partial charge in [-0.15, -0.1) is 0 Å². The standard InChI is InChI=1S/C78H56N2/c1-10-44-78(45-11-1)72-46-54(22-20-52-24-30-58(31-25-52)62-36-42-76-70(50-62)68-16-6-8-18-74(68)79(76)64-38-34-56-12-2-4-14-60(56)48-64)28-40-66(72)67-41-29-55(47-73(67)78)23-21-53-26-32-59(33-27-53)63-37-43-77-71(51-63)69-17-7-9-19-75(69)80(77)65-39-35-57-13-3-5-15-61(57)49-65/h2-9,12-43,46-51H,1,10-11,44-45H2. The Bertz CT molecular complexity index is 4540. The molecule has 0 bridgehead atoms. The number of rotatable bonds is 8. The van der Waals surface area contributed by atoms with E-state index < -0.39 is 0 Å². The summed E-state index contributed by atoms with van der Waals surface area (Å²) in [7, 11) is 0. The molecule has 2 heteroatoms. The van der Waals surface area contributed by atoms with Crippen LogP contribution in [0.1, 0.15) is 65.5 Å². The second-order valence-corrected chi connectivity index (χ2v) is 22.4. The molecule has 0 aliphatic heterocycles. The molecule has 0 unspecified atom stereocenters. The summed E-state index contributed by atoms with van der Waals surface area (Å²) in [4.78, 5) is 0. The fraction of sp³-hybridized carbons (Fsp3) is 0.0769. The van der Waals surface area contributed by atoms with Gasteiger partial charge < -0.3 is 9.13 Å². The average molecular weight is 1020 g/mol. The number of hydrogen-bond donors (Lipinski definition) is 0. The molecule has 0 saturated heterocycles. The highest BCUT2D eigenvalue weighted by atomic mass is 15.0. The second kappa shape index (κ2) is 18.7. The topological polar surface area (TPSA) is 9.86 Å². The van der Waals surface area contributed by atoms with Crippen LogP contribution < -0.4 is 0 Å². The van der Waals surface area contributed by atoms with Gasteiger partial charge in [0.05, 0.1) is 22.1 Å². The molecule has 2 nitrogen and oxygen atoms in total. The van der Waals surface area contributed by atoms with Crippen molar-refractivity contribution in [3.05, 3.63) is 288 Å². The lowest BCUT2D eigenvalue weighted by Crippen LogP contribution is -2.28. The summed E-state index contributed by atoms with van der Waals surface area (Å²) in [5, 5.41) is 10.1. The summed E-state index contributed by atoms with van der Waals surface area (Å²) in [6.07, 6.45) is 15.4. The van der Waals surface area contributed by atoms with Crippen LogP contribution in [0.3, 0.4) is 0 Å². The van der Waals surface area contributed by atoms with Crippen LogP contribution in [-0.4, -0.2) is 9.13 Å². The van der Waals surface area contributed by atoms with Gasteiger partial charge in [-0.05, 0) is 162 Å². The molecule has 14 aromatic rings. The minimum Gasteiger partial charge on any atom is -0.309 e. The maximum absolute atomic E-state index is 2.51. The van der Waals surface area contributed by atoms with E-state index in [0.29, 0.717) is 0 Å². The SMILES string of the molecule is C(=Cc1ccc2c(c1)C1(CCCCC1)c1cc(C=Cc3ccc(-c4ccc5c(c4)c4ccccc4n5-c4ccc5ccccc5c4)cc3)ccc1-2)c1ccc(-c2ccc3c(c2)c2ccccc2n3-c2ccc3ccccc3c2)cc1. The van der Waals surface area contributed by atoms with E-state index in [4.69, 9.17) is 0 Å². The van der Waals surface area contributed by atoms with Gasteiger partial charge in [0.1, 0.15) is 0 Å². The Morgan fingerprint density at radius 2 is 0.662 bits per heavy atom. The van der Waals surface area contributed by atoms with Crippen molar-refractivity contribution in [2.24, 2.45) is 0 Å². The van der Waals surface area contributed by atoms with E-state index in [1.165, 1.54) is 175 Å². The molecule has 378 valence electrons. The monoisotopic (exact) mass is 1020 g/mol. The molecule has 0 atom stereocenters. The highest BCUT2D eigenvalue weighted by molar-refractivity contribution is 6.12.